The van der Waals surface area contributed by atoms with E-state index in [2.05, 4.69) is 190 Å². The average Bonchev–Trinajstić information content (AvgIpc) is 4.04. The van der Waals surface area contributed by atoms with Crippen LogP contribution in [0.15, 0.2) is 192 Å². The summed E-state index contributed by atoms with van der Waals surface area (Å²) in [6.07, 6.45) is 0. The van der Waals surface area contributed by atoms with E-state index >= 15 is 0 Å². The van der Waals surface area contributed by atoms with Crippen LogP contribution in [0.4, 0.5) is 17.1 Å². The predicted octanol–water partition coefficient (Wildman–Crippen LogP) is 15.6. The summed E-state index contributed by atoms with van der Waals surface area (Å²) in [6.45, 7) is 0. The van der Waals surface area contributed by atoms with Gasteiger partial charge in [-0.1, -0.05) is 115 Å². The number of nitrogens with zero attached hydrogens (tertiary/aromatic N) is 3. The van der Waals surface area contributed by atoms with Crippen LogP contribution >= 0.6 is 11.3 Å². The second-order valence-corrected chi connectivity index (χ2v) is 16.7. The van der Waals surface area contributed by atoms with Crippen LogP contribution in [0.25, 0.3) is 108 Å². The molecule has 0 amide bonds. The first-order chi connectivity index (χ1) is 29.3. The third-order valence-corrected chi connectivity index (χ3v) is 13.8. The highest BCUT2D eigenvalue weighted by Gasteiger charge is 2.23. The highest BCUT2D eigenvalue weighted by molar-refractivity contribution is 7.26. The lowest BCUT2D eigenvalue weighted by atomic mass is 10.0. The fraction of sp³-hybridized carbons (Fsp3) is 0. The Balaban J connectivity index is 1.03. The Morgan fingerprint density at radius 3 is 1.73 bits per heavy atom. The van der Waals surface area contributed by atoms with Crippen LogP contribution in [0.5, 0.6) is 0 Å². The molecule has 9 aromatic carbocycles. The molecule has 0 atom stereocenters. The summed E-state index contributed by atoms with van der Waals surface area (Å²) >= 11 is 1.87. The Morgan fingerprint density at radius 1 is 0.373 bits per heavy atom. The van der Waals surface area contributed by atoms with Gasteiger partial charge in [0, 0.05) is 75.6 Å². The van der Waals surface area contributed by atoms with Crippen molar-refractivity contribution < 1.29 is 4.42 Å². The molecule has 14 rings (SSSR count). The molecule has 0 saturated carbocycles. The summed E-state index contributed by atoms with van der Waals surface area (Å²) in [6, 6.07) is 68.7. The minimum Gasteiger partial charge on any atom is -0.456 e. The van der Waals surface area contributed by atoms with Gasteiger partial charge in [-0.25, -0.2) is 0 Å². The summed E-state index contributed by atoms with van der Waals surface area (Å²) in [4.78, 5) is 2.38. The van der Waals surface area contributed by atoms with E-state index in [1.54, 1.807) is 0 Å². The molecule has 274 valence electrons. The third-order valence-electron chi connectivity index (χ3n) is 12.6. The smallest absolute Gasteiger partial charge is 0.137 e. The zero-order valence-corrected chi connectivity index (χ0v) is 32.4. The summed E-state index contributed by atoms with van der Waals surface area (Å²) in [7, 11) is 0. The maximum Gasteiger partial charge on any atom is 0.137 e. The zero-order valence-electron chi connectivity index (χ0n) is 31.6. The number of anilines is 3. The van der Waals surface area contributed by atoms with Crippen molar-refractivity contribution in [2.75, 3.05) is 4.90 Å². The topological polar surface area (TPSA) is 25.2 Å². The Morgan fingerprint density at radius 2 is 0.949 bits per heavy atom. The molecule has 0 aliphatic carbocycles. The monoisotopic (exact) mass is 769 g/mol. The molecule has 4 nitrogen and oxygen atoms in total. The standard InChI is InChI=1S/C54H31N3OS/c1-5-16-45-37(10-1)42-27-28-43-38-11-2-6-17-46(38)57-48-30-34(25-29-47(48)56(45)52(42)53(43)57)55(35-24-26-40-39-12-3-7-18-49(39)58-50(40)31-35)33-22-20-32(21-23-33)36-14-9-15-44-41-13-4-8-19-51(41)59-54(36)44/h1-31H. The number of aromatic nitrogens is 2. The lowest BCUT2D eigenvalue weighted by Gasteiger charge is -2.26. The number of hydrogen-bond acceptors (Lipinski definition) is 3. The molecule has 0 aliphatic heterocycles. The van der Waals surface area contributed by atoms with Crippen molar-refractivity contribution in [3.05, 3.63) is 188 Å². The van der Waals surface area contributed by atoms with Gasteiger partial charge in [-0.15, -0.1) is 11.3 Å². The summed E-state index contributed by atoms with van der Waals surface area (Å²) in [5.41, 5.74) is 14.6. The molecule has 0 saturated heterocycles. The van der Waals surface area contributed by atoms with Gasteiger partial charge in [-0.2, -0.15) is 0 Å². The minimum absolute atomic E-state index is 0.868. The van der Waals surface area contributed by atoms with Gasteiger partial charge >= 0.3 is 0 Å². The molecule has 0 fully saturated rings. The molecule has 5 heterocycles. The fourth-order valence-corrected chi connectivity index (χ4v) is 11.3. The van der Waals surface area contributed by atoms with Crippen LogP contribution in [-0.2, 0) is 0 Å². The molecule has 0 radical (unpaired) electrons. The van der Waals surface area contributed by atoms with Crippen LogP contribution in [0.1, 0.15) is 0 Å². The van der Waals surface area contributed by atoms with Gasteiger partial charge in [0.2, 0.25) is 0 Å². The molecule has 5 aromatic heterocycles. The van der Waals surface area contributed by atoms with Crippen LogP contribution < -0.4 is 4.90 Å². The third kappa shape index (κ3) is 4.21. The van der Waals surface area contributed by atoms with Gasteiger partial charge in [0.05, 0.1) is 33.1 Å². The first-order valence-corrected chi connectivity index (χ1v) is 20.9. The number of hydrogen-bond donors (Lipinski definition) is 0. The Kier molecular flexibility index (Phi) is 6.14. The molecule has 0 N–H and O–H groups in total. The van der Waals surface area contributed by atoms with Crippen LogP contribution in [0.2, 0.25) is 0 Å². The largest absolute Gasteiger partial charge is 0.456 e. The van der Waals surface area contributed by atoms with E-state index < -0.39 is 0 Å². The maximum atomic E-state index is 6.50. The molecule has 0 aliphatic rings. The maximum absolute atomic E-state index is 6.50. The fourth-order valence-electron chi connectivity index (χ4n) is 10.1. The molecular weight excluding hydrogens is 739 g/mol. The summed E-state index contributed by atoms with van der Waals surface area (Å²) in [5, 5.41) is 9.94. The summed E-state index contributed by atoms with van der Waals surface area (Å²) < 4.78 is 14.1. The molecule has 14 aromatic rings. The number of para-hydroxylation sites is 3. The van der Waals surface area contributed by atoms with Crippen molar-refractivity contribution in [1.82, 2.24) is 8.80 Å². The second kappa shape index (κ2) is 11.5. The number of benzene rings is 9. The van der Waals surface area contributed by atoms with Gasteiger partial charge in [0.1, 0.15) is 11.2 Å². The van der Waals surface area contributed by atoms with Crippen molar-refractivity contribution in [3.63, 3.8) is 0 Å². The van der Waals surface area contributed by atoms with Crippen LogP contribution in [0, 0.1) is 0 Å². The molecule has 5 heteroatoms. The van der Waals surface area contributed by atoms with E-state index in [-0.39, 0.29) is 0 Å². The van der Waals surface area contributed by atoms with E-state index in [1.807, 2.05) is 23.5 Å². The van der Waals surface area contributed by atoms with Crippen molar-refractivity contribution >= 4 is 125 Å². The lowest BCUT2D eigenvalue weighted by Crippen LogP contribution is -2.10. The van der Waals surface area contributed by atoms with Crippen LogP contribution in [0.3, 0.4) is 0 Å². The SMILES string of the molecule is c1ccc2c(c1)oc1cc(N(c3ccc(-c4cccc5c4sc4ccccc45)cc3)c3ccc4c(c3)n3c5ccccc5c5ccc6c7ccccc7n4c6c53)ccc12. The first kappa shape index (κ1) is 31.5. The predicted molar refractivity (Wildman–Crippen MR) is 250 cm³/mol. The molecule has 0 spiro atoms. The average molecular weight is 770 g/mol. The van der Waals surface area contributed by atoms with E-state index in [4.69, 9.17) is 4.42 Å². The van der Waals surface area contributed by atoms with Gasteiger partial charge in [0.25, 0.3) is 0 Å². The Bertz CT molecular complexity index is 4030. The summed E-state index contributed by atoms with van der Waals surface area (Å²) in [5.74, 6) is 0. The minimum atomic E-state index is 0.868. The van der Waals surface area contributed by atoms with E-state index in [9.17, 15) is 0 Å². The zero-order chi connectivity index (χ0) is 38.3. The molecule has 59 heavy (non-hydrogen) atoms. The van der Waals surface area contributed by atoms with Crippen molar-refractivity contribution in [1.29, 1.82) is 0 Å². The Hall–Kier alpha value is -7.60. The first-order valence-electron chi connectivity index (χ1n) is 20.1. The normalized spacial score (nSPS) is 12.4. The van der Waals surface area contributed by atoms with Crippen molar-refractivity contribution in [2.24, 2.45) is 0 Å². The lowest BCUT2D eigenvalue weighted by molar-refractivity contribution is 0.669. The van der Waals surface area contributed by atoms with E-state index in [0.29, 0.717) is 0 Å². The Labute approximate surface area is 340 Å². The second-order valence-electron chi connectivity index (χ2n) is 15.7. The highest BCUT2D eigenvalue weighted by atomic mass is 32.1. The van der Waals surface area contributed by atoms with E-state index in [1.165, 1.54) is 80.4 Å². The van der Waals surface area contributed by atoms with Crippen LogP contribution in [-0.4, -0.2) is 8.80 Å². The van der Waals surface area contributed by atoms with Gasteiger partial charge < -0.3 is 18.1 Å². The van der Waals surface area contributed by atoms with Gasteiger partial charge in [-0.3, -0.25) is 0 Å². The van der Waals surface area contributed by atoms with Crippen molar-refractivity contribution in [3.8, 4) is 11.1 Å². The highest BCUT2D eigenvalue weighted by Crippen LogP contribution is 2.46. The van der Waals surface area contributed by atoms with Gasteiger partial charge in [-0.05, 0) is 77.9 Å². The molecular formula is C54H31N3OS. The number of furan rings is 1. The molecule has 0 unspecified atom stereocenters. The number of thiophene rings is 1. The number of fused-ring (bicyclic) bond motifs is 15. The number of rotatable bonds is 4. The molecule has 0 bridgehead atoms. The van der Waals surface area contributed by atoms with Crippen molar-refractivity contribution in [2.45, 2.75) is 0 Å². The van der Waals surface area contributed by atoms with Gasteiger partial charge in [0.15, 0.2) is 0 Å². The van der Waals surface area contributed by atoms with E-state index in [0.717, 1.165) is 44.5 Å². The quantitative estimate of drug-likeness (QED) is 0.167.